The lowest BCUT2D eigenvalue weighted by atomic mass is 9.49. The molecular weight excluding hydrogens is 763 g/mol. The molecule has 2 aliphatic heterocycles. The van der Waals surface area contributed by atoms with Crippen LogP contribution in [-0.2, 0) is 24.6 Å². The summed E-state index contributed by atoms with van der Waals surface area (Å²) in [6, 6.07) is 19.7. The molecule has 0 radical (unpaired) electrons. The number of imide groups is 2. The number of hydrogen-bond acceptors (Lipinski definition) is 11. The van der Waals surface area contributed by atoms with E-state index in [-0.39, 0.29) is 41.2 Å². The number of amides is 4. The van der Waals surface area contributed by atoms with E-state index in [1.165, 1.54) is 37.2 Å². The fourth-order valence-electron chi connectivity index (χ4n) is 9.44. The highest BCUT2D eigenvalue weighted by Crippen LogP contribution is 2.65. The Morgan fingerprint density at radius 3 is 2.11 bits per heavy atom. The summed E-state index contributed by atoms with van der Waals surface area (Å²) in [5, 5.41) is 37.1. The molecule has 0 spiro atoms. The zero-order chi connectivity index (χ0) is 40.7. The Morgan fingerprint density at radius 1 is 0.877 bits per heavy atom. The minimum absolute atomic E-state index is 0.0251. The van der Waals surface area contributed by atoms with Crippen LogP contribution in [0.1, 0.15) is 29.9 Å². The number of fused-ring (bicyclic) bond motifs is 4. The molecule has 4 aromatic rings. The van der Waals surface area contributed by atoms with Gasteiger partial charge in [0, 0.05) is 42.7 Å². The zero-order valence-electron chi connectivity index (χ0n) is 30.2. The number of nitrogens with one attached hydrogen (secondary N) is 1. The van der Waals surface area contributed by atoms with E-state index in [0.29, 0.717) is 16.2 Å². The highest BCUT2D eigenvalue weighted by Gasteiger charge is 2.70. The van der Waals surface area contributed by atoms with Crippen molar-refractivity contribution in [1.29, 1.82) is 0 Å². The number of allylic oxidation sites excluding steroid dienone is 2. The molecule has 4 aromatic carbocycles. The molecule has 3 fully saturated rings. The van der Waals surface area contributed by atoms with Crippen LogP contribution in [0, 0.1) is 49.7 Å². The molecule has 15 nitrogen and oxygen atoms in total. The molecule has 2 aliphatic carbocycles. The van der Waals surface area contributed by atoms with Gasteiger partial charge in [0.15, 0.2) is 5.69 Å². The number of hydrazine groups is 1. The summed E-state index contributed by atoms with van der Waals surface area (Å²) in [6.45, 7) is 0. The van der Waals surface area contributed by atoms with Gasteiger partial charge in [-0.15, -0.1) is 0 Å². The Morgan fingerprint density at radius 2 is 1.51 bits per heavy atom. The smallest absolute Gasteiger partial charge is 0.301 e. The molecule has 0 aromatic heterocycles. The number of hydrogen-bond donors (Lipinski definition) is 2. The maximum absolute atomic E-state index is 15.2. The summed E-state index contributed by atoms with van der Waals surface area (Å²) in [5.41, 5.74) is 0.464. The lowest BCUT2D eigenvalue weighted by molar-refractivity contribution is -0.392. The fourth-order valence-corrected chi connectivity index (χ4v) is 9.57. The largest absolute Gasteiger partial charge is 0.508 e. The Kier molecular flexibility index (Phi) is 8.83. The minimum Gasteiger partial charge on any atom is -0.508 e. The molecule has 8 rings (SSSR count). The van der Waals surface area contributed by atoms with Gasteiger partial charge in [0.1, 0.15) is 11.6 Å². The Hall–Kier alpha value is -6.68. The van der Waals surface area contributed by atoms with Crippen molar-refractivity contribution >= 4 is 63.7 Å². The van der Waals surface area contributed by atoms with Gasteiger partial charge in [-0.05, 0) is 66.8 Å². The number of anilines is 3. The SMILES string of the molecule is CN(C)c1c([N+](=O)[O-])cc(N2C(=O)[C@H]3[C@H](CC=C4[C@H]3C[C@H]3C(=O)N(Nc5ccc(F)cc5)C(=O)[C@@]3(c3ccc(Cl)cc3)[C@H]4c3ccccc3O)C2=O)cc1[N+](=O)[O-]. The molecule has 4 aliphatic rings. The number of halogens is 2. The first-order valence-corrected chi connectivity index (χ1v) is 18.2. The molecule has 290 valence electrons. The van der Waals surface area contributed by atoms with Crippen molar-refractivity contribution in [2.75, 3.05) is 29.3 Å². The maximum atomic E-state index is 15.2. The first-order valence-electron chi connectivity index (χ1n) is 17.8. The second-order valence-corrected chi connectivity index (χ2v) is 15.1. The first-order chi connectivity index (χ1) is 27.2. The summed E-state index contributed by atoms with van der Waals surface area (Å²) in [5.74, 6) is -8.96. The first kappa shape index (κ1) is 37.3. The van der Waals surface area contributed by atoms with Gasteiger partial charge < -0.3 is 10.0 Å². The van der Waals surface area contributed by atoms with E-state index >= 15 is 4.79 Å². The summed E-state index contributed by atoms with van der Waals surface area (Å²) in [6.07, 6.45) is 1.60. The third-order valence-electron chi connectivity index (χ3n) is 11.7. The van der Waals surface area contributed by atoms with Crippen LogP contribution in [0.3, 0.4) is 0 Å². The number of phenols is 1. The highest BCUT2D eigenvalue weighted by molar-refractivity contribution is 6.30. The number of para-hydroxylation sites is 1. The van der Waals surface area contributed by atoms with Crippen molar-refractivity contribution < 1.29 is 38.5 Å². The number of nitro groups is 2. The van der Waals surface area contributed by atoms with Gasteiger partial charge in [-0.2, -0.15) is 5.01 Å². The van der Waals surface area contributed by atoms with Crippen LogP contribution in [0.15, 0.2) is 96.6 Å². The van der Waals surface area contributed by atoms with E-state index in [9.17, 15) is 44.1 Å². The molecule has 57 heavy (non-hydrogen) atoms. The molecule has 1 saturated carbocycles. The van der Waals surface area contributed by atoms with Gasteiger partial charge >= 0.3 is 11.4 Å². The summed E-state index contributed by atoms with van der Waals surface area (Å²) >= 11 is 6.32. The number of rotatable bonds is 8. The lowest BCUT2D eigenvalue weighted by Gasteiger charge is -2.50. The van der Waals surface area contributed by atoms with Gasteiger partial charge in [-0.1, -0.05) is 53.6 Å². The lowest BCUT2D eigenvalue weighted by Crippen LogP contribution is -2.53. The second-order valence-electron chi connectivity index (χ2n) is 14.7. The van der Waals surface area contributed by atoms with E-state index in [2.05, 4.69) is 5.43 Å². The van der Waals surface area contributed by atoms with Crippen molar-refractivity contribution in [1.82, 2.24) is 5.01 Å². The molecule has 6 atom stereocenters. The number of carbonyl (C=O) groups excluding carboxylic acids is 4. The van der Waals surface area contributed by atoms with Gasteiger partial charge in [0.2, 0.25) is 11.8 Å². The molecule has 17 heteroatoms. The van der Waals surface area contributed by atoms with Gasteiger partial charge in [0.05, 0.1) is 44.4 Å². The van der Waals surface area contributed by atoms with Crippen molar-refractivity contribution in [2.24, 2.45) is 23.7 Å². The Labute approximate surface area is 328 Å². The monoisotopic (exact) mass is 794 g/mol. The van der Waals surface area contributed by atoms with Gasteiger partial charge in [-0.3, -0.25) is 44.8 Å². The molecular formula is C40H32ClFN6O9. The predicted molar refractivity (Wildman–Crippen MR) is 204 cm³/mol. The Bertz CT molecular complexity index is 2430. The van der Waals surface area contributed by atoms with Crippen LogP contribution in [-0.4, -0.2) is 57.7 Å². The highest BCUT2D eigenvalue weighted by atomic mass is 35.5. The second kappa shape index (κ2) is 13.5. The topological polar surface area (TPSA) is 197 Å². The van der Waals surface area contributed by atoms with Gasteiger partial charge in [-0.25, -0.2) is 9.29 Å². The molecule has 2 heterocycles. The molecule has 0 bridgehead atoms. The van der Waals surface area contributed by atoms with E-state index in [4.69, 9.17) is 11.6 Å². The van der Waals surface area contributed by atoms with Gasteiger partial charge in [0.25, 0.3) is 11.8 Å². The minimum atomic E-state index is -1.74. The van der Waals surface area contributed by atoms with Crippen molar-refractivity contribution in [3.63, 3.8) is 0 Å². The predicted octanol–water partition coefficient (Wildman–Crippen LogP) is 6.26. The van der Waals surface area contributed by atoms with Crippen molar-refractivity contribution in [3.8, 4) is 5.75 Å². The average Bonchev–Trinajstić information content (AvgIpc) is 3.56. The summed E-state index contributed by atoms with van der Waals surface area (Å²) < 4.78 is 13.9. The normalized spacial score (nSPS) is 25.1. The number of phenolic OH excluding ortho intramolecular Hbond substituents is 1. The Balaban J connectivity index is 1.30. The molecule has 4 amide bonds. The molecule has 2 saturated heterocycles. The van der Waals surface area contributed by atoms with Crippen LogP contribution in [0.25, 0.3) is 0 Å². The van der Waals surface area contributed by atoms with Crippen LogP contribution in [0.2, 0.25) is 5.02 Å². The van der Waals surface area contributed by atoms with Crippen molar-refractivity contribution in [3.05, 3.63) is 139 Å². The number of aromatic hydroxyl groups is 1. The van der Waals surface area contributed by atoms with Crippen LogP contribution < -0.4 is 15.2 Å². The third kappa shape index (κ3) is 5.53. The number of carbonyl (C=O) groups is 4. The zero-order valence-corrected chi connectivity index (χ0v) is 30.9. The van der Waals surface area contributed by atoms with E-state index < -0.39 is 85.7 Å². The summed E-state index contributed by atoms with van der Waals surface area (Å²) in [7, 11) is 2.78. The molecule has 0 unspecified atom stereocenters. The van der Waals surface area contributed by atoms with Crippen LogP contribution >= 0.6 is 11.6 Å². The standard InChI is InChI=1S/C40H32ClFN6O9/c1-44(2)35-30(47(54)55)17-24(18-31(35)48(56)57)45-36(50)27-16-15-25-28(33(27)38(45)52)19-29-37(51)46(43-23-13-11-22(42)12-14-23)39(53)40(29,20-7-9-21(41)10-8-20)34(25)26-5-3-4-6-32(26)49/h3-15,17-18,27-29,33-34,43,49H,16,19H2,1-2H3/t27-,28+,29-,33-,34+,40+/m0/s1. The fraction of sp³-hybridized carbons (Fsp3) is 0.250. The number of benzene rings is 4. The number of nitrogens with zero attached hydrogens (tertiary/aromatic N) is 5. The third-order valence-corrected chi connectivity index (χ3v) is 11.9. The van der Waals surface area contributed by atoms with E-state index in [0.717, 1.165) is 34.2 Å². The maximum Gasteiger partial charge on any atom is 0.301 e. The number of nitro benzene ring substituents is 2. The van der Waals surface area contributed by atoms with Crippen LogP contribution in [0.5, 0.6) is 5.75 Å². The molecule has 2 N–H and O–H groups in total. The van der Waals surface area contributed by atoms with E-state index in [1.807, 2.05) is 0 Å². The van der Waals surface area contributed by atoms with Crippen LogP contribution in [0.4, 0.5) is 32.8 Å². The summed E-state index contributed by atoms with van der Waals surface area (Å²) in [4.78, 5) is 83.7. The average molecular weight is 795 g/mol. The quantitative estimate of drug-likeness (QED) is 0.0885. The van der Waals surface area contributed by atoms with E-state index in [1.54, 1.807) is 48.5 Å². The van der Waals surface area contributed by atoms with Crippen molar-refractivity contribution in [2.45, 2.75) is 24.2 Å².